The van der Waals surface area contributed by atoms with E-state index in [9.17, 15) is 9.59 Å². The number of para-hydroxylation sites is 1. The summed E-state index contributed by atoms with van der Waals surface area (Å²) in [6.07, 6.45) is 2.05. The van der Waals surface area contributed by atoms with Crippen LogP contribution in [0.4, 0.5) is 0 Å². The zero-order valence-corrected chi connectivity index (χ0v) is 20.9. The Balaban J connectivity index is 1.53. The lowest BCUT2D eigenvalue weighted by molar-refractivity contribution is -0.132. The fourth-order valence-electron chi connectivity index (χ4n) is 3.52. The summed E-state index contributed by atoms with van der Waals surface area (Å²) in [5.74, 6) is 0.645. The number of likely N-dealkylation sites (N-methyl/N-ethyl adjacent to an activating group) is 1. The topological polar surface area (TPSA) is 80.1 Å². The standard InChI is InChI=1S/C26H31N5O2S/c1-26(2,3)19-12-10-18(11-13-19)24-28-29-25(31(24)21-8-6-5-7-9-21)34-17-23(33)30(4)16-22(32)27-20-14-15-20/h5-13,20H,14-17H2,1-4H3,(H,27,32). The van der Waals surface area contributed by atoms with Crippen LogP contribution >= 0.6 is 11.8 Å². The van der Waals surface area contributed by atoms with Gasteiger partial charge >= 0.3 is 0 Å². The third kappa shape index (κ3) is 5.86. The minimum Gasteiger partial charge on any atom is -0.352 e. The number of hydrogen-bond donors (Lipinski definition) is 1. The Morgan fingerprint density at radius 1 is 1.06 bits per heavy atom. The summed E-state index contributed by atoms with van der Waals surface area (Å²) in [4.78, 5) is 26.2. The lowest BCUT2D eigenvalue weighted by Gasteiger charge is -2.19. The second-order valence-corrected chi connectivity index (χ2v) is 10.6. The summed E-state index contributed by atoms with van der Waals surface area (Å²) in [5, 5.41) is 12.4. The highest BCUT2D eigenvalue weighted by Crippen LogP contribution is 2.30. The predicted octanol–water partition coefficient (Wildman–Crippen LogP) is 4.06. The molecule has 34 heavy (non-hydrogen) atoms. The molecule has 8 heteroatoms. The molecule has 1 aliphatic rings. The van der Waals surface area contributed by atoms with Gasteiger partial charge in [-0.25, -0.2) is 0 Å². The molecular formula is C26H31N5O2S. The number of carbonyl (C=O) groups excluding carboxylic acids is 2. The summed E-state index contributed by atoms with van der Waals surface area (Å²) in [5.41, 5.74) is 3.19. The maximum Gasteiger partial charge on any atom is 0.239 e. The molecule has 0 aliphatic heterocycles. The van der Waals surface area contributed by atoms with Gasteiger partial charge in [-0.3, -0.25) is 14.2 Å². The van der Waals surface area contributed by atoms with E-state index in [1.807, 2.05) is 34.9 Å². The van der Waals surface area contributed by atoms with Gasteiger partial charge < -0.3 is 10.2 Å². The molecule has 0 atom stereocenters. The highest BCUT2D eigenvalue weighted by Gasteiger charge is 2.25. The first-order valence-electron chi connectivity index (χ1n) is 11.5. The highest BCUT2D eigenvalue weighted by molar-refractivity contribution is 7.99. The van der Waals surface area contributed by atoms with E-state index in [-0.39, 0.29) is 35.6 Å². The van der Waals surface area contributed by atoms with Crippen molar-refractivity contribution >= 4 is 23.6 Å². The first kappa shape index (κ1) is 24.0. The molecule has 7 nitrogen and oxygen atoms in total. The molecule has 178 valence electrons. The largest absolute Gasteiger partial charge is 0.352 e. The van der Waals surface area contributed by atoms with Crippen molar-refractivity contribution in [2.75, 3.05) is 19.3 Å². The molecule has 1 fully saturated rings. The van der Waals surface area contributed by atoms with Crippen molar-refractivity contribution in [3.05, 3.63) is 60.2 Å². The minimum atomic E-state index is -0.130. The van der Waals surface area contributed by atoms with Crippen LogP contribution in [0.3, 0.4) is 0 Å². The van der Waals surface area contributed by atoms with Gasteiger partial charge in [-0.2, -0.15) is 0 Å². The molecule has 1 aliphatic carbocycles. The summed E-state index contributed by atoms with van der Waals surface area (Å²) in [7, 11) is 1.65. The molecule has 2 aromatic carbocycles. The van der Waals surface area contributed by atoms with Crippen LogP contribution in [0.1, 0.15) is 39.2 Å². The van der Waals surface area contributed by atoms with E-state index in [4.69, 9.17) is 0 Å². The molecule has 0 bridgehead atoms. The van der Waals surface area contributed by atoms with E-state index in [1.165, 1.54) is 22.2 Å². The van der Waals surface area contributed by atoms with Gasteiger partial charge in [0.2, 0.25) is 11.8 Å². The minimum absolute atomic E-state index is 0.0621. The molecule has 1 heterocycles. The molecule has 0 spiro atoms. The van der Waals surface area contributed by atoms with Crippen molar-refractivity contribution in [3.8, 4) is 17.1 Å². The monoisotopic (exact) mass is 477 g/mol. The zero-order valence-electron chi connectivity index (χ0n) is 20.1. The number of amides is 2. The van der Waals surface area contributed by atoms with Gasteiger partial charge in [-0.05, 0) is 36.0 Å². The van der Waals surface area contributed by atoms with Crippen molar-refractivity contribution in [1.29, 1.82) is 0 Å². The normalized spacial score (nSPS) is 13.5. The molecule has 3 aromatic rings. The summed E-state index contributed by atoms with van der Waals surface area (Å²) < 4.78 is 1.98. The number of carbonyl (C=O) groups is 2. The molecule has 4 rings (SSSR count). The van der Waals surface area contributed by atoms with Gasteiger partial charge in [-0.1, -0.05) is 75.0 Å². The van der Waals surface area contributed by atoms with Gasteiger partial charge in [0.05, 0.1) is 12.3 Å². The van der Waals surface area contributed by atoms with Gasteiger partial charge in [0.25, 0.3) is 0 Å². The van der Waals surface area contributed by atoms with Crippen LogP contribution in [0.15, 0.2) is 59.8 Å². The summed E-state index contributed by atoms with van der Waals surface area (Å²) in [6, 6.07) is 18.5. The molecule has 0 radical (unpaired) electrons. The van der Waals surface area contributed by atoms with Gasteiger partial charge in [-0.15, -0.1) is 10.2 Å². The van der Waals surface area contributed by atoms with Gasteiger partial charge in [0.15, 0.2) is 11.0 Å². The molecule has 1 N–H and O–H groups in total. The quantitative estimate of drug-likeness (QED) is 0.495. The van der Waals surface area contributed by atoms with E-state index >= 15 is 0 Å². The van der Waals surface area contributed by atoms with Crippen LogP contribution in [0.25, 0.3) is 17.1 Å². The van der Waals surface area contributed by atoms with E-state index < -0.39 is 0 Å². The van der Waals surface area contributed by atoms with E-state index in [1.54, 1.807) is 7.05 Å². The van der Waals surface area contributed by atoms with Crippen molar-refractivity contribution in [2.24, 2.45) is 0 Å². The predicted molar refractivity (Wildman–Crippen MR) is 135 cm³/mol. The number of hydrogen-bond acceptors (Lipinski definition) is 5. The van der Waals surface area contributed by atoms with Crippen molar-refractivity contribution in [2.45, 2.75) is 50.2 Å². The zero-order chi connectivity index (χ0) is 24.3. The van der Waals surface area contributed by atoms with E-state index in [2.05, 4.69) is 60.6 Å². The second kappa shape index (κ2) is 10.0. The van der Waals surface area contributed by atoms with Gasteiger partial charge in [0, 0.05) is 24.3 Å². The lowest BCUT2D eigenvalue weighted by Crippen LogP contribution is -2.39. The Morgan fingerprint density at radius 2 is 1.74 bits per heavy atom. The third-order valence-corrected chi connectivity index (χ3v) is 6.64. The Hall–Kier alpha value is -3.13. The fraction of sp³-hybridized carbons (Fsp3) is 0.385. The molecule has 2 amide bonds. The summed E-state index contributed by atoms with van der Waals surface area (Å²) >= 11 is 1.32. The van der Waals surface area contributed by atoms with Crippen LogP contribution in [0, 0.1) is 0 Å². The molecule has 0 unspecified atom stereocenters. The van der Waals surface area contributed by atoms with Crippen LogP contribution < -0.4 is 5.32 Å². The number of thioether (sulfide) groups is 1. The van der Waals surface area contributed by atoms with Crippen LogP contribution in [0.5, 0.6) is 0 Å². The maximum atomic E-state index is 12.7. The summed E-state index contributed by atoms with van der Waals surface area (Å²) in [6.45, 7) is 6.62. The maximum absolute atomic E-state index is 12.7. The first-order chi connectivity index (χ1) is 16.2. The van der Waals surface area contributed by atoms with Crippen molar-refractivity contribution < 1.29 is 9.59 Å². The fourth-order valence-corrected chi connectivity index (χ4v) is 4.41. The Bertz CT molecular complexity index is 1150. The average Bonchev–Trinajstić information content (AvgIpc) is 3.52. The Labute approximate surface area is 205 Å². The van der Waals surface area contributed by atoms with Crippen LogP contribution in [0.2, 0.25) is 0 Å². The SMILES string of the molecule is CN(CC(=O)NC1CC1)C(=O)CSc1nnc(-c2ccc(C(C)(C)C)cc2)n1-c1ccccc1. The first-order valence-corrected chi connectivity index (χ1v) is 12.5. The second-order valence-electron chi connectivity index (χ2n) is 9.68. The number of rotatable bonds is 8. The Kier molecular flexibility index (Phi) is 7.07. The number of nitrogens with one attached hydrogen (secondary N) is 1. The number of nitrogens with zero attached hydrogens (tertiary/aromatic N) is 4. The number of aromatic nitrogens is 3. The highest BCUT2D eigenvalue weighted by atomic mass is 32.2. The van der Waals surface area contributed by atoms with Crippen LogP contribution in [-0.4, -0.2) is 56.9 Å². The Morgan fingerprint density at radius 3 is 2.35 bits per heavy atom. The molecular weight excluding hydrogens is 446 g/mol. The van der Waals surface area contributed by atoms with E-state index in [0.29, 0.717) is 5.16 Å². The molecule has 0 saturated heterocycles. The molecule has 1 saturated carbocycles. The number of benzene rings is 2. The lowest BCUT2D eigenvalue weighted by atomic mass is 9.87. The smallest absolute Gasteiger partial charge is 0.239 e. The molecule has 1 aromatic heterocycles. The van der Waals surface area contributed by atoms with Crippen LogP contribution in [-0.2, 0) is 15.0 Å². The third-order valence-electron chi connectivity index (χ3n) is 5.73. The van der Waals surface area contributed by atoms with E-state index in [0.717, 1.165) is 29.9 Å². The van der Waals surface area contributed by atoms with Crippen molar-refractivity contribution in [1.82, 2.24) is 25.0 Å². The van der Waals surface area contributed by atoms with Gasteiger partial charge in [0.1, 0.15) is 0 Å². The van der Waals surface area contributed by atoms with Crippen molar-refractivity contribution in [3.63, 3.8) is 0 Å². The average molecular weight is 478 g/mol.